The number of sulfonamides is 1. The molecule has 1 atom stereocenters. The first kappa shape index (κ1) is 31.4. The van der Waals surface area contributed by atoms with Gasteiger partial charge >= 0.3 is 0 Å². The summed E-state index contributed by atoms with van der Waals surface area (Å²) in [5, 5.41) is 14.4. The van der Waals surface area contributed by atoms with Crippen molar-refractivity contribution in [3.8, 4) is 22.1 Å². The van der Waals surface area contributed by atoms with Crippen LogP contribution in [0.1, 0.15) is 18.4 Å². The zero-order valence-corrected chi connectivity index (χ0v) is 26.4. The molecule has 1 fully saturated rings. The van der Waals surface area contributed by atoms with Crippen LogP contribution in [0.5, 0.6) is 11.5 Å². The first-order valence-electron chi connectivity index (χ1n) is 14.2. The van der Waals surface area contributed by atoms with Crippen molar-refractivity contribution >= 4 is 33.1 Å². The highest BCUT2D eigenvalue weighted by Crippen LogP contribution is 2.33. The molecule has 2 aromatic carbocycles. The van der Waals surface area contributed by atoms with E-state index in [9.17, 15) is 13.5 Å². The molecule has 0 radical (unpaired) electrons. The predicted octanol–water partition coefficient (Wildman–Crippen LogP) is 4.94. The molecule has 5 rings (SSSR count). The lowest BCUT2D eigenvalue weighted by Gasteiger charge is -2.31. The number of ether oxygens (including phenoxy) is 2. The van der Waals surface area contributed by atoms with E-state index in [1.54, 1.807) is 22.6 Å². The number of hydrogen-bond donors (Lipinski definition) is 2. The lowest BCUT2D eigenvalue weighted by atomic mass is 9.98. The minimum atomic E-state index is -3.56. The Morgan fingerprint density at radius 3 is 2.47 bits per heavy atom. The maximum atomic E-state index is 13.3. The fourth-order valence-corrected chi connectivity index (χ4v) is 7.99. The van der Waals surface area contributed by atoms with Gasteiger partial charge in [-0.3, -0.25) is 0 Å². The topological polar surface area (TPSA) is 114 Å². The number of nitrogens with one attached hydrogen (secondary N) is 1. The molecule has 0 amide bonds. The Kier molecular flexibility index (Phi) is 11.1. The van der Waals surface area contributed by atoms with Crippen LogP contribution in [0.2, 0.25) is 0 Å². The molecule has 0 unspecified atom stereocenters. The van der Waals surface area contributed by atoms with Crippen LogP contribution >= 0.6 is 23.1 Å². The number of aliphatic hydroxyl groups excluding tert-OH is 1. The van der Waals surface area contributed by atoms with Crippen molar-refractivity contribution in [3.05, 3.63) is 84.6 Å². The van der Waals surface area contributed by atoms with Crippen LogP contribution < -0.4 is 14.8 Å². The smallest absolute Gasteiger partial charge is 0.252 e. The maximum absolute atomic E-state index is 13.3. The van der Waals surface area contributed by atoms with Crippen molar-refractivity contribution in [2.24, 2.45) is 5.92 Å². The SMILES string of the molecule is CSc1nccc(-c2ccc(S(=O)(=O)N3CCC(CNC[C@H](O)COc4ccc(OCc5ccccc5)cc4)CC3)s2)n1. The molecule has 0 bridgehead atoms. The molecule has 1 aliphatic heterocycles. The number of thiophene rings is 1. The van der Waals surface area contributed by atoms with Gasteiger partial charge in [0.2, 0.25) is 0 Å². The molecule has 3 heterocycles. The Morgan fingerprint density at radius 1 is 1.02 bits per heavy atom. The number of benzene rings is 2. The van der Waals surface area contributed by atoms with Crippen LogP contribution in [0, 0.1) is 5.92 Å². The molecule has 2 N–H and O–H groups in total. The Balaban J connectivity index is 0.998. The summed E-state index contributed by atoms with van der Waals surface area (Å²) in [6, 6.07) is 22.6. The first-order chi connectivity index (χ1) is 20.9. The van der Waals surface area contributed by atoms with Gasteiger partial charge in [0.05, 0.1) is 10.6 Å². The molecule has 12 heteroatoms. The van der Waals surface area contributed by atoms with E-state index < -0.39 is 16.1 Å². The Hall–Kier alpha value is -3.00. The van der Waals surface area contributed by atoms with E-state index in [2.05, 4.69) is 15.3 Å². The number of aromatic nitrogens is 2. The van der Waals surface area contributed by atoms with Crippen molar-refractivity contribution < 1.29 is 23.0 Å². The van der Waals surface area contributed by atoms with Gasteiger partial charge in [-0.05, 0) is 79.6 Å². The van der Waals surface area contributed by atoms with Crippen molar-refractivity contribution in [3.63, 3.8) is 0 Å². The molecule has 43 heavy (non-hydrogen) atoms. The van der Waals surface area contributed by atoms with Gasteiger partial charge in [0.1, 0.15) is 35.0 Å². The molecule has 0 aliphatic carbocycles. The van der Waals surface area contributed by atoms with Crippen LogP contribution in [0.15, 0.2) is 88.4 Å². The minimum Gasteiger partial charge on any atom is -0.491 e. The van der Waals surface area contributed by atoms with Crippen LogP contribution in [-0.2, 0) is 16.6 Å². The number of hydrogen-bond acceptors (Lipinski definition) is 10. The van der Waals surface area contributed by atoms with Gasteiger partial charge in [-0.2, -0.15) is 4.31 Å². The lowest BCUT2D eigenvalue weighted by molar-refractivity contribution is 0.104. The molecule has 1 saturated heterocycles. The summed E-state index contributed by atoms with van der Waals surface area (Å²) in [5.74, 6) is 1.76. The van der Waals surface area contributed by atoms with Crippen molar-refractivity contribution in [2.45, 2.75) is 34.9 Å². The van der Waals surface area contributed by atoms with Crippen molar-refractivity contribution in [2.75, 3.05) is 39.0 Å². The molecule has 1 aliphatic rings. The summed E-state index contributed by atoms with van der Waals surface area (Å²) in [7, 11) is -3.56. The number of piperidine rings is 1. The molecule has 0 saturated carbocycles. The Morgan fingerprint density at radius 2 is 1.74 bits per heavy atom. The number of thioether (sulfide) groups is 1. The lowest BCUT2D eigenvalue weighted by Crippen LogP contribution is -2.41. The summed E-state index contributed by atoms with van der Waals surface area (Å²) in [6.07, 6.45) is 4.46. The number of rotatable bonds is 14. The predicted molar refractivity (Wildman–Crippen MR) is 170 cm³/mol. The third-order valence-electron chi connectivity index (χ3n) is 7.14. The van der Waals surface area contributed by atoms with E-state index in [0.717, 1.165) is 34.7 Å². The third-order valence-corrected chi connectivity index (χ3v) is 11.2. The number of nitrogens with zero attached hydrogens (tertiary/aromatic N) is 3. The number of aliphatic hydroxyl groups is 1. The van der Waals surface area contributed by atoms with Gasteiger partial charge in [0.15, 0.2) is 5.16 Å². The zero-order valence-electron chi connectivity index (χ0n) is 24.0. The van der Waals surface area contributed by atoms with Crippen LogP contribution in [0.4, 0.5) is 0 Å². The summed E-state index contributed by atoms with van der Waals surface area (Å²) < 4.78 is 40.0. The minimum absolute atomic E-state index is 0.171. The molecule has 9 nitrogen and oxygen atoms in total. The summed E-state index contributed by atoms with van der Waals surface area (Å²) in [6.45, 7) is 2.73. The molecule has 2 aromatic heterocycles. The second-order valence-electron chi connectivity index (χ2n) is 10.3. The monoisotopic (exact) mass is 640 g/mol. The second-order valence-corrected chi connectivity index (χ2v) is 14.3. The van der Waals surface area contributed by atoms with E-state index >= 15 is 0 Å². The molecule has 228 valence electrons. The van der Waals surface area contributed by atoms with E-state index in [1.807, 2.05) is 66.9 Å². The molecular weight excluding hydrogens is 605 g/mol. The highest BCUT2D eigenvalue weighted by molar-refractivity contribution is 7.98. The van der Waals surface area contributed by atoms with Gasteiger partial charge in [0.25, 0.3) is 10.0 Å². The first-order valence-corrected chi connectivity index (χ1v) is 17.6. The Labute approximate surface area is 261 Å². The Bertz CT molecular complexity index is 1540. The quantitative estimate of drug-likeness (QED) is 0.146. The zero-order chi connectivity index (χ0) is 30.1. The average Bonchev–Trinajstić information content (AvgIpc) is 3.56. The van der Waals surface area contributed by atoms with E-state index in [1.165, 1.54) is 23.1 Å². The highest BCUT2D eigenvalue weighted by atomic mass is 32.2. The van der Waals surface area contributed by atoms with Crippen LogP contribution in [0.3, 0.4) is 0 Å². The van der Waals surface area contributed by atoms with Gasteiger partial charge in [-0.15, -0.1) is 11.3 Å². The fraction of sp³-hybridized carbons (Fsp3) is 0.355. The molecule has 0 spiro atoms. The van der Waals surface area contributed by atoms with Gasteiger partial charge in [-0.1, -0.05) is 42.1 Å². The third kappa shape index (κ3) is 8.78. The van der Waals surface area contributed by atoms with Crippen molar-refractivity contribution in [1.82, 2.24) is 19.6 Å². The summed E-state index contributed by atoms with van der Waals surface area (Å²) in [4.78, 5) is 9.48. The fourth-order valence-electron chi connectivity index (χ4n) is 4.73. The van der Waals surface area contributed by atoms with Crippen LogP contribution in [0.25, 0.3) is 10.6 Å². The second kappa shape index (κ2) is 15.1. The standard InChI is InChI=1S/C31H36N4O5S3/c1-41-31-33-16-13-28(34-31)29-11-12-30(42-29)43(37,38)35-17-14-23(15-18-35)19-32-20-25(36)22-40-27-9-7-26(8-10-27)39-21-24-5-3-2-4-6-24/h2-13,16,23,25,32,36H,14-15,17-22H2,1H3/t25-/m0/s1. The largest absolute Gasteiger partial charge is 0.491 e. The highest BCUT2D eigenvalue weighted by Gasteiger charge is 2.30. The normalized spacial score (nSPS) is 15.3. The van der Waals surface area contributed by atoms with E-state index in [-0.39, 0.29) is 6.61 Å². The summed E-state index contributed by atoms with van der Waals surface area (Å²) in [5.41, 5.74) is 1.83. The van der Waals surface area contributed by atoms with E-state index in [0.29, 0.717) is 53.8 Å². The van der Waals surface area contributed by atoms with Crippen molar-refractivity contribution in [1.29, 1.82) is 0 Å². The molecule has 4 aromatic rings. The summed E-state index contributed by atoms with van der Waals surface area (Å²) >= 11 is 2.69. The van der Waals surface area contributed by atoms with Crippen LogP contribution in [-0.4, -0.2) is 72.9 Å². The van der Waals surface area contributed by atoms with E-state index in [4.69, 9.17) is 9.47 Å². The molecular formula is C31H36N4O5S3. The van der Waals surface area contributed by atoms with Gasteiger partial charge < -0.3 is 19.9 Å². The van der Waals surface area contributed by atoms with Gasteiger partial charge in [-0.25, -0.2) is 18.4 Å². The van der Waals surface area contributed by atoms with Gasteiger partial charge in [0, 0.05) is 25.8 Å². The average molecular weight is 641 g/mol. The maximum Gasteiger partial charge on any atom is 0.252 e.